The minimum absolute atomic E-state index is 0.268. The lowest BCUT2D eigenvalue weighted by molar-refractivity contribution is -0.0441. The molecule has 68 heavy (non-hydrogen) atoms. The highest BCUT2D eigenvalue weighted by Gasteiger charge is 2.19. The third-order valence-electron chi connectivity index (χ3n) is 13.5. The molecule has 0 radical (unpaired) electrons. The molecule has 1 aliphatic rings. The van der Waals surface area contributed by atoms with Gasteiger partial charge in [-0.05, 0) is 106 Å². The number of hydrogen-bond acceptors (Lipinski definition) is 4. The van der Waals surface area contributed by atoms with Gasteiger partial charge >= 0.3 is 0 Å². The van der Waals surface area contributed by atoms with Crippen LogP contribution in [-0.4, -0.2) is 17.8 Å². The molecule has 12 aromatic rings. The molecule has 3 heterocycles. The Bertz CT molecular complexity index is 3700. The van der Waals surface area contributed by atoms with E-state index in [1.54, 1.807) is 0 Å². The van der Waals surface area contributed by atoms with E-state index in [1.807, 2.05) is 12.1 Å². The largest absolute Gasteiger partial charge is 0.455 e. The van der Waals surface area contributed by atoms with Crippen molar-refractivity contribution in [3.63, 3.8) is 0 Å². The molecule has 0 amide bonds. The number of benzene rings is 10. The second-order valence-electron chi connectivity index (χ2n) is 17.4. The maximum absolute atomic E-state index is 6.44. The van der Waals surface area contributed by atoms with Crippen molar-refractivity contribution in [2.75, 3.05) is 18.1 Å². The number of fused-ring (bicyclic) bond motifs is 6. The standard InChI is InChI=1S/C63H44N2O3/c1-4-13-59-55(8-1)56-9-2-5-14-60(56)65(59)53-36-28-47(29-37-53)46-26-34-51(35-27-46)64(52-38-30-48(31-39-52)54-11-7-12-58-57-10-3-6-15-61(57)68-62(54)58)50-32-24-45(25-33-50)43-18-16-42(17-19-43)44-20-22-49(23-21-44)63-66-40-41-67-63/h1-39,63H,40-41H2. The van der Waals surface area contributed by atoms with Crippen LogP contribution in [0.3, 0.4) is 0 Å². The summed E-state index contributed by atoms with van der Waals surface area (Å²) >= 11 is 0. The van der Waals surface area contributed by atoms with Crippen molar-refractivity contribution in [1.29, 1.82) is 0 Å². The van der Waals surface area contributed by atoms with Gasteiger partial charge in [-0.3, -0.25) is 0 Å². The van der Waals surface area contributed by atoms with E-state index in [4.69, 9.17) is 13.9 Å². The van der Waals surface area contributed by atoms with E-state index < -0.39 is 0 Å². The molecule has 13 rings (SSSR count). The number of hydrogen-bond donors (Lipinski definition) is 0. The Balaban J connectivity index is 0.819. The minimum Gasteiger partial charge on any atom is -0.455 e. The smallest absolute Gasteiger partial charge is 0.184 e. The highest BCUT2D eigenvalue weighted by molar-refractivity contribution is 6.10. The summed E-state index contributed by atoms with van der Waals surface area (Å²) in [6.45, 7) is 1.27. The second kappa shape index (κ2) is 16.7. The molecule has 0 bridgehead atoms. The fourth-order valence-electron chi connectivity index (χ4n) is 10.1. The monoisotopic (exact) mass is 876 g/mol. The molecule has 324 valence electrons. The molecule has 0 spiro atoms. The molecular formula is C63H44N2O3. The van der Waals surface area contributed by atoms with E-state index in [-0.39, 0.29) is 6.29 Å². The molecular weight excluding hydrogens is 833 g/mol. The third-order valence-corrected chi connectivity index (χ3v) is 13.5. The third kappa shape index (κ3) is 7.04. The first-order valence-electron chi connectivity index (χ1n) is 23.2. The van der Waals surface area contributed by atoms with Gasteiger partial charge in [0.05, 0.1) is 24.2 Å². The van der Waals surface area contributed by atoms with Gasteiger partial charge in [-0.1, -0.05) is 170 Å². The van der Waals surface area contributed by atoms with Crippen molar-refractivity contribution in [2.45, 2.75) is 6.29 Å². The molecule has 0 unspecified atom stereocenters. The molecule has 0 N–H and O–H groups in total. The molecule has 1 aliphatic heterocycles. The van der Waals surface area contributed by atoms with Crippen molar-refractivity contribution in [3.05, 3.63) is 242 Å². The highest BCUT2D eigenvalue weighted by atomic mass is 16.7. The topological polar surface area (TPSA) is 39.8 Å². The summed E-state index contributed by atoms with van der Waals surface area (Å²) in [5.74, 6) is 0. The van der Waals surface area contributed by atoms with Crippen LogP contribution in [0.25, 0.3) is 93.9 Å². The Morgan fingerprint density at radius 2 is 0.765 bits per heavy atom. The van der Waals surface area contributed by atoms with Gasteiger partial charge in [0.1, 0.15) is 11.2 Å². The Morgan fingerprint density at radius 1 is 0.353 bits per heavy atom. The van der Waals surface area contributed by atoms with Crippen LogP contribution in [0.15, 0.2) is 241 Å². The molecule has 5 heteroatoms. The van der Waals surface area contributed by atoms with Crippen molar-refractivity contribution in [2.24, 2.45) is 0 Å². The zero-order valence-electron chi connectivity index (χ0n) is 37.1. The second-order valence-corrected chi connectivity index (χ2v) is 17.4. The molecule has 5 nitrogen and oxygen atoms in total. The average molecular weight is 877 g/mol. The first kappa shape index (κ1) is 39.8. The van der Waals surface area contributed by atoms with Crippen LogP contribution in [0.4, 0.5) is 17.1 Å². The van der Waals surface area contributed by atoms with E-state index in [9.17, 15) is 0 Å². The molecule has 2 aromatic heterocycles. The maximum Gasteiger partial charge on any atom is 0.184 e. The van der Waals surface area contributed by atoms with Crippen molar-refractivity contribution < 1.29 is 13.9 Å². The summed E-state index contributed by atoms with van der Waals surface area (Å²) in [7, 11) is 0. The Morgan fingerprint density at radius 3 is 1.29 bits per heavy atom. The van der Waals surface area contributed by atoms with Gasteiger partial charge < -0.3 is 23.4 Å². The first-order valence-corrected chi connectivity index (χ1v) is 23.2. The highest BCUT2D eigenvalue weighted by Crippen LogP contribution is 2.41. The lowest BCUT2D eigenvalue weighted by Gasteiger charge is -2.26. The molecule has 10 aromatic carbocycles. The lowest BCUT2D eigenvalue weighted by atomic mass is 9.99. The van der Waals surface area contributed by atoms with Gasteiger partial charge in [0.2, 0.25) is 0 Å². The number of rotatable bonds is 9. The Kier molecular flexibility index (Phi) is 9.81. The first-order chi connectivity index (χ1) is 33.7. The van der Waals surface area contributed by atoms with Gasteiger partial charge in [0, 0.05) is 55.4 Å². The molecule has 0 aliphatic carbocycles. The van der Waals surface area contributed by atoms with E-state index in [0.717, 1.165) is 89.2 Å². The summed E-state index contributed by atoms with van der Waals surface area (Å²) in [6.07, 6.45) is -0.268. The van der Waals surface area contributed by atoms with Gasteiger partial charge in [-0.2, -0.15) is 0 Å². The van der Waals surface area contributed by atoms with E-state index >= 15 is 0 Å². The number of aromatic nitrogens is 1. The summed E-state index contributed by atoms with van der Waals surface area (Å²) in [5.41, 5.74) is 18.7. The lowest BCUT2D eigenvalue weighted by Crippen LogP contribution is -2.09. The van der Waals surface area contributed by atoms with Gasteiger partial charge in [-0.15, -0.1) is 0 Å². The number of anilines is 3. The van der Waals surface area contributed by atoms with Gasteiger partial charge in [0.25, 0.3) is 0 Å². The predicted octanol–water partition coefficient (Wildman–Crippen LogP) is 16.9. The summed E-state index contributed by atoms with van der Waals surface area (Å²) in [5, 5.41) is 4.78. The zero-order chi connectivity index (χ0) is 45.0. The van der Waals surface area contributed by atoms with Crippen molar-refractivity contribution in [1.82, 2.24) is 4.57 Å². The number of nitrogens with zero attached hydrogens (tertiary/aromatic N) is 2. The zero-order valence-corrected chi connectivity index (χ0v) is 37.1. The fourth-order valence-corrected chi connectivity index (χ4v) is 10.1. The van der Waals surface area contributed by atoms with Gasteiger partial charge in [0.15, 0.2) is 6.29 Å². The fraction of sp³-hybridized carbons (Fsp3) is 0.0476. The maximum atomic E-state index is 6.44. The van der Waals surface area contributed by atoms with Crippen molar-refractivity contribution in [3.8, 4) is 50.2 Å². The van der Waals surface area contributed by atoms with Crippen LogP contribution >= 0.6 is 0 Å². The molecule has 1 fully saturated rings. The SMILES string of the molecule is c1ccc2c(c1)oc1c(-c3ccc(N(c4ccc(-c5ccc(-c6ccc(C7OCCO7)cc6)cc5)cc4)c4ccc(-c5ccc(-n6c7ccccc7c7ccccc76)cc5)cc4)cc3)cccc12. The number of para-hydroxylation sites is 4. The normalized spacial score (nSPS) is 13.0. The van der Waals surface area contributed by atoms with Crippen LogP contribution in [0.5, 0.6) is 0 Å². The van der Waals surface area contributed by atoms with Crippen LogP contribution < -0.4 is 4.90 Å². The number of furan rings is 1. The van der Waals surface area contributed by atoms with E-state index in [2.05, 4.69) is 234 Å². The predicted molar refractivity (Wildman–Crippen MR) is 279 cm³/mol. The number of ether oxygens (including phenoxy) is 2. The van der Waals surface area contributed by atoms with Crippen LogP contribution in [0, 0.1) is 0 Å². The quantitative estimate of drug-likeness (QED) is 0.145. The summed E-state index contributed by atoms with van der Waals surface area (Å²) in [6, 6.07) is 84.8. The average Bonchev–Trinajstić information content (AvgIpc) is 4.17. The Hall–Kier alpha value is -8.48. The Labute approximate surface area is 394 Å². The van der Waals surface area contributed by atoms with Crippen LogP contribution in [-0.2, 0) is 9.47 Å². The van der Waals surface area contributed by atoms with Crippen LogP contribution in [0.2, 0.25) is 0 Å². The molecule has 0 saturated carbocycles. The van der Waals surface area contributed by atoms with E-state index in [0.29, 0.717) is 13.2 Å². The van der Waals surface area contributed by atoms with Crippen LogP contribution in [0.1, 0.15) is 11.9 Å². The minimum atomic E-state index is -0.268. The molecule has 1 saturated heterocycles. The van der Waals surface area contributed by atoms with E-state index in [1.165, 1.54) is 27.4 Å². The molecule has 0 atom stereocenters. The summed E-state index contributed by atoms with van der Waals surface area (Å²) in [4.78, 5) is 2.33. The van der Waals surface area contributed by atoms with Crippen molar-refractivity contribution >= 4 is 60.8 Å². The summed E-state index contributed by atoms with van der Waals surface area (Å²) < 4.78 is 20.2. The van der Waals surface area contributed by atoms with Gasteiger partial charge in [-0.25, -0.2) is 0 Å².